The van der Waals surface area contributed by atoms with Gasteiger partial charge in [-0.25, -0.2) is 4.98 Å². The number of hydrogen-bond donors (Lipinski definition) is 1. The third-order valence-corrected chi connectivity index (χ3v) is 4.99. The normalized spacial score (nSPS) is 20.7. The minimum Gasteiger partial charge on any atom is -0.477 e. The molecule has 1 N–H and O–H groups in total. The predicted octanol–water partition coefficient (Wildman–Crippen LogP) is 2.03. The average Bonchev–Trinajstić information content (AvgIpc) is 3.06. The molecule has 0 unspecified atom stereocenters. The Kier molecular flexibility index (Phi) is 5.88. The fraction of sp³-hybridized carbons (Fsp3) is 0.526. The molecule has 140 valence electrons. The van der Waals surface area contributed by atoms with Gasteiger partial charge in [-0.3, -0.25) is 14.4 Å². The first-order valence-electron chi connectivity index (χ1n) is 9.16. The number of aryl methyl sites for hydroxylation is 1. The molecule has 1 amide bonds. The first-order chi connectivity index (χ1) is 12.6. The number of aromatic nitrogens is 3. The van der Waals surface area contributed by atoms with E-state index in [1.54, 1.807) is 18.3 Å². The Labute approximate surface area is 154 Å². The zero-order valence-corrected chi connectivity index (χ0v) is 15.7. The third kappa shape index (κ3) is 3.88. The number of hydrogen-bond acceptors (Lipinski definition) is 5. The molecule has 1 saturated heterocycles. The first-order valence-corrected chi connectivity index (χ1v) is 9.16. The van der Waals surface area contributed by atoms with E-state index in [0.29, 0.717) is 30.5 Å². The summed E-state index contributed by atoms with van der Waals surface area (Å²) in [6.07, 6.45) is 5.67. The molecule has 0 saturated carbocycles. The van der Waals surface area contributed by atoms with E-state index in [4.69, 9.17) is 4.74 Å². The number of amides is 1. The van der Waals surface area contributed by atoms with Crippen LogP contribution in [0.2, 0.25) is 0 Å². The maximum atomic E-state index is 12.7. The summed E-state index contributed by atoms with van der Waals surface area (Å²) in [7, 11) is 4.11. The van der Waals surface area contributed by atoms with Crippen LogP contribution in [-0.4, -0.2) is 52.3 Å². The van der Waals surface area contributed by atoms with E-state index < -0.39 is 0 Å². The van der Waals surface area contributed by atoms with Crippen molar-refractivity contribution in [3.05, 3.63) is 41.9 Å². The highest BCUT2D eigenvalue weighted by Gasteiger charge is 2.32. The van der Waals surface area contributed by atoms with Crippen molar-refractivity contribution in [2.75, 3.05) is 26.7 Å². The lowest BCUT2D eigenvalue weighted by Crippen LogP contribution is -2.42. The molecule has 0 radical (unpaired) electrons. The van der Waals surface area contributed by atoms with E-state index in [1.165, 1.54) is 5.69 Å². The molecular weight excluding hydrogens is 330 g/mol. The molecule has 0 aromatic carbocycles. The fourth-order valence-electron chi connectivity index (χ4n) is 3.75. The Morgan fingerprint density at radius 3 is 2.92 bits per heavy atom. The topological polar surface area (TPSA) is 72.3 Å². The highest BCUT2D eigenvalue weighted by molar-refractivity contribution is 5.96. The van der Waals surface area contributed by atoms with Gasteiger partial charge in [0.05, 0.1) is 18.3 Å². The van der Waals surface area contributed by atoms with Crippen LogP contribution in [0.5, 0.6) is 5.88 Å². The lowest BCUT2D eigenvalue weighted by molar-refractivity contribution is 0.0876. The number of pyridine rings is 1. The second-order valence-electron chi connectivity index (χ2n) is 6.71. The van der Waals surface area contributed by atoms with Crippen molar-refractivity contribution in [1.29, 1.82) is 0 Å². The summed E-state index contributed by atoms with van der Waals surface area (Å²) in [4.78, 5) is 19.2. The van der Waals surface area contributed by atoms with Crippen LogP contribution in [0.3, 0.4) is 0 Å². The van der Waals surface area contributed by atoms with Gasteiger partial charge in [0.1, 0.15) is 5.56 Å². The average molecular weight is 357 g/mol. The van der Waals surface area contributed by atoms with Gasteiger partial charge in [0.25, 0.3) is 5.91 Å². The van der Waals surface area contributed by atoms with Crippen molar-refractivity contribution in [3.63, 3.8) is 0 Å². The van der Waals surface area contributed by atoms with E-state index in [1.807, 2.05) is 24.9 Å². The Balaban J connectivity index is 1.71. The molecule has 0 spiro atoms. The van der Waals surface area contributed by atoms with Crippen molar-refractivity contribution < 1.29 is 9.53 Å². The quantitative estimate of drug-likeness (QED) is 0.856. The lowest BCUT2D eigenvalue weighted by atomic mass is 9.87. The Morgan fingerprint density at radius 1 is 1.35 bits per heavy atom. The van der Waals surface area contributed by atoms with Gasteiger partial charge in [-0.2, -0.15) is 5.10 Å². The molecule has 26 heavy (non-hydrogen) atoms. The molecule has 3 rings (SSSR count). The number of nitrogens with zero attached hydrogens (tertiary/aromatic N) is 4. The highest BCUT2D eigenvalue weighted by atomic mass is 16.5. The number of ether oxygens (including phenoxy) is 1. The molecule has 7 nitrogen and oxygen atoms in total. The molecule has 0 bridgehead atoms. The van der Waals surface area contributed by atoms with Crippen molar-refractivity contribution in [2.45, 2.75) is 25.8 Å². The van der Waals surface area contributed by atoms with Gasteiger partial charge in [-0.05, 0) is 57.5 Å². The molecule has 7 heteroatoms. The minimum absolute atomic E-state index is 0.140. The van der Waals surface area contributed by atoms with Crippen LogP contribution in [0.4, 0.5) is 0 Å². The number of carbonyl (C=O) groups is 1. The second-order valence-corrected chi connectivity index (χ2v) is 6.71. The second kappa shape index (κ2) is 8.31. The van der Waals surface area contributed by atoms with E-state index >= 15 is 0 Å². The zero-order valence-electron chi connectivity index (χ0n) is 15.7. The molecule has 2 aromatic heterocycles. The van der Waals surface area contributed by atoms with Gasteiger partial charge in [-0.1, -0.05) is 0 Å². The first kappa shape index (κ1) is 18.4. The molecule has 1 aliphatic rings. The van der Waals surface area contributed by atoms with Crippen molar-refractivity contribution in [2.24, 2.45) is 13.0 Å². The number of carbonyl (C=O) groups excluding carboxylic acids is 1. The highest BCUT2D eigenvalue weighted by Crippen LogP contribution is 2.34. The predicted molar refractivity (Wildman–Crippen MR) is 99.0 cm³/mol. The van der Waals surface area contributed by atoms with Gasteiger partial charge in [0.15, 0.2) is 0 Å². The molecule has 0 aliphatic carbocycles. The fourth-order valence-corrected chi connectivity index (χ4v) is 3.75. The summed E-state index contributed by atoms with van der Waals surface area (Å²) in [6, 6.07) is 5.82. The van der Waals surface area contributed by atoms with Crippen LogP contribution in [0.25, 0.3) is 0 Å². The molecule has 1 fully saturated rings. The Bertz CT molecular complexity index is 745. The van der Waals surface area contributed by atoms with E-state index in [0.717, 1.165) is 19.4 Å². The third-order valence-electron chi connectivity index (χ3n) is 4.99. The molecule has 3 heterocycles. The molecular formula is C19H27N5O2. The van der Waals surface area contributed by atoms with Crippen molar-refractivity contribution in [1.82, 2.24) is 25.0 Å². The van der Waals surface area contributed by atoms with Gasteiger partial charge < -0.3 is 10.1 Å². The number of nitrogens with one attached hydrogen (secondary N) is 1. The smallest absolute Gasteiger partial charge is 0.256 e. The SMILES string of the molecule is CCOc1ncccc1C(=O)NC[C@@H]1CCCN(C)[C@H]1c1ccnn1C. The summed E-state index contributed by atoms with van der Waals surface area (Å²) in [5.41, 5.74) is 1.67. The van der Waals surface area contributed by atoms with Crippen LogP contribution in [0.15, 0.2) is 30.6 Å². The maximum Gasteiger partial charge on any atom is 0.256 e. The molecule has 1 aliphatic heterocycles. The summed E-state index contributed by atoms with van der Waals surface area (Å²) >= 11 is 0. The summed E-state index contributed by atoms with van der Waals surface area (Å²) in [5, 5.41) is 7.40. The van der Waals surface area contributed by atoms with Crippen molar-refractivity contribution in [3.8, 4) is 5.88 Å². The lowest BCUT2D eigenvalue weighted by Gasteiger charge is -2.39. The Morgan fingerprint density at radius 2 is 2.19 bits per heavy atom. The van der Waals surface area contributed by atoms with E-state index in [-0.39, 0.29) is 11.9 Å². The van der Waals surface area contributed by atoms with Crippen LogP contribution in [0, 0.1) is 5.92 Å². The summed E-state index contributed by atoms with van der Waals surface area (Å²) in [6.45, 7) is 4.02. The minimum atomic E-state index is -0.140. The van der Waals surface area contributed by atoms with Crippen LogP contribution < -0.4 is 10.1 Å². The number of piperidine rings is 1. The van der Waals surface area contributed by atoms with Gasteiger partial charge in [0, 0.05) is 26.0 Å². The number of rotatable bonds is 6. The maximum absolute atomic E-state index is 12.7. The Hall–Kier alpha value is -2.41. The van der Waals surface area contributed by atoms with Crippen LogP contribution >= 0.6 is 0 Å². The standard InChI is InChI=1S/C19H27N5O2/c1-4-26-19-15(8-5-10-20-19)18(25)21-13-14-7-6-12-23(2)17(14)16-9-11-22-24(16)3/h5,8-11,14,17H,4,6-7,12-13H2,1-3H3,(H,21,25)/t14-,17+/m0/s1. The zero-order chi connectivity index (χ0) is 18.5. The summed E-state index contributed by atoms with van der Waals surface area (Å²) < 4.78 is 7.40. The number of likely N-dealkylation sites (tertiary alicyclic amines) is 1. The van der Waals surface area contributed by atoms with Crippen molar-refractivity contribution >= 4 is 5.91 Å². The van der Waals surface area contributed by atoms with Crippen LogP contribution in [-0.2, 0) is 7.05 Å². The molecule has 2 aromatic rings. The van der Waals surface area contributed by atoms with Crippen LogP contribution in [0.1, 0.15) is 41.9 Å². The van der Waals surface area contributed by atoms with E-state index in [2.05, 4.69) is 33.4 Å². The largest absolute Gasteiger partial charge is 0.477 e. The van der Waals surface area contributed by atoms with E-state index in [9.17, 15) is 4.79 Å². The monoisotopic (exact) mass is 357 g/mol. The van der Waals surface area contributed by atoms with Gasteiger partial charge in [-0.15, -0.1) is 0 Å². The molecule has 2 atom stereocenters. The van der Waals surface area contributed by atoms with Gasteiger partial charge >= 0.3 is 0 Å². The summed E-state index contributed by atoms with van der Waals surface area (Å²) in [5.74, 6) is 0.579. The van der Waals surface area contributed by atoms with Gasteiger partial charge in [0.2, 0.25) is 5.88 Å².